The van der Waals surface area contributed by atoms with Gasteiger partial charge in [0.1, 0.15) is 0 Å². The molecule has 3 N–H and O–H groups in total. The highest BCUT2D eigenvalue weighted by molar-refractivity contribution is 7.10. The third-order valence-electron chi connectivity index (χ3n) is 1.56. The number of aliphatic hydroxyl groups excluding tert-OH is 1. The maximum Gasteiger partial charge on any atom is 0.0894 e. The first-order valence-electron chi connectivity index (χ1n) is 3.34. The lowest BCUT2D eigenvalue weighted by atomic mass is 10.2. The van der Waals surface area contributed by atoms with Gasteiger partial charge in [0, 0.05) is 4.88 Å². The van der Waals surface area contributed by atoms with Crippen LogP contribution in [0.15, 0.2) is 11.4 Å². The first kappa shape index (κ1) is 8.67. The summed E-state index contributed by atoms with van der Waals surface area (Å²) in [4.78, 5) is 0.981. The molecule has 1 unspecified atom stereocenters. The topological polar surface area (TPSA) is 52.5 Å². The van der Waals surface area contributed by atoms with Crippen LogP contribution >= 0.6 is 11.3 Å². The van der Waals surface area contributed by atoms with Crippen LogP contribution in [0.3, 0.4) is 0 Å². The summed E-state index contributed by atoms with van der Waals surface area (Å²) < 4.78 is 0. The average molecular weight is 173 g/mol. The van der Waals surface area contributed by atoms with Crippen molar-refractivity contribution in [2.24, 2.45) is 0 Å². The van der Waals surface area contributed by atoms with Gasteiger partial charge in [0.25, 0.3) is 0 Å². The number of hydrogen-bond acceptors (Lipinski definition) is 4. The van der Waals surface area contributed by atoms with Gasteiger partial charge in [-0.2, -0.15) is 5.48 Å². The molecule has 11 heavy (non-hydrogen) atoms. The number of aryl methyl sites for hydroxylation is 1. The van der Waals surface area contributed by atoms with Crippen molar-refractivity contribution >= 4 is 11.3 Å². The smallest absolute Gasteiger partial charge is 0.0894 e. The van der Waals surface area contributed by atoms with E-state index in [0.717, 1.165) is 10.4 Å². The minimum Gasteiger partial charge on any atom is -0.394 e. The lowest BCUT2D eigenvalue weighted by Gasteiger charge is -2.10. The lowest BCUT2D eigenvalue weighted by molar-refractivity contribution is 0.0919. The fourth-order valence-electron chi connectivity index (χ4n) is 0.924. The van der Waals surface area contributed by atoms with Gasteiger partial charge < -0.3 is 10.3 Å². The maximum atomic E-state index is 8.81. The second-order valence-electron chi connectivity index (χ2n) is 2.33. The van der Waals surface area contributed by atoms with Crippen LogP contribution in [-0.4, -0.2) is 16.9 Å². The molecule has 1 aromatic heterocycles. The number of hydrogen-bond donors (Lipinski definition) is 3. The molecule has 62 valence electrons. The monoisotopic (exact) mass is 173 g/mol. The van der Waals surface area contributed by atoms with E-state index in [1.165, 1.54) is 11.3 Å². The average Bonchev–Trinajstić information content (AvgIpc) is 2.40. The van der Waals surface area contributed by atoms with E-state index in [0.29, 0.717) is 0 Å². The molecule has 0 aliphatic carbocycles. The minimum absolute atomic E-state index is 0.0855. The summed E-state index contributed by atoms with van der Waals surface area (Å²) in [7, 11) is 0. The molecule has 1 rings (SSSR count). The summed E-state index contributed by atoms with van der Waals surface area (Å²) >= 11 is 1.52. The van der Waals surface area contributed by atoms with Crippen LogP contribution < -0.4 is 5.48 Å². The van der Waals surface area contributed by atoms with E-state index in [-0.39, 0.29) is 12.6 Å². The third-order valence-corrected chi connectivity index (χ3v) is 2.69. The Kier molecular flexibility index (Phi) is 3.02. The molecule has 0 aliphatic heterocycles. The number of hydroxylamine groups is 1. The quantitative estimate of drug-likeness (QED) is 0.599. The van der Waals surface area contributed by atoms with Crippen molar-refractivity contribution in [1.29, 1.82) is 0 Å². The number of rotatable bonds is 3. The highest BCUT2D eigenvalue weighted by Gasteiger charge is 2.11. The van der Waals surface area contributed by atoms with Crippen molar-refractivity contribution in [3.63, 3.8) is 0 Å². The van der Waals surface area contributed by atoms with Crippen LogP contribution in [0.5, 0.6) is 0 Å². The van der Waals surface area contributed by atoms with Crippen LogP contribution in [0, 0.1) is 6.92 Å². The molecule has 0 fully saturated rings. The summed E-state index contributed by atoms with van der Waals surface area (Å²) in [6, 6.07) is 1.62. The molecule has 0 spiro atoms. The van der Waals surface area contributed by atoms with E-state index in [1.807, 2.05) is 18.4 Å². The van der Waals surface area contributed by atoms with E-state index in [2.05, 4.69) is 5.48 Å². The van der Waals surface area contributed by atoms with Crippen LogP contribution in [0.25, 0.3) is 0 Å². The molecule has 0 amide bonds. The van der Waals surface area contributed by atoms with Gasteiger partial charge in [0.05, 0.1) is 12.6 Å². The molecule has 1 heterocycles. The van der Waals surface area contributed by atoms with Crippen LogP contribution in [0.1, 0.15) is 16.5 Å². The zero-order valence-corrected chi connectivity index (χ0v) is 7.06. The molecule has 1 atom stereocenters. The lowest BCUT2D eigenvalue weighted by Crippen LogP contribution is -2.20. The molecule has 0 saturated heterocycles. The first-order chi connectivity index (χ1) is 5.29. The van der Waals surface area contributed by atoms with Gasteiger partial charge in [-0.25, -0.2) is 0 Å². The Hall–Kier alpha value is -0.420. The molecule has 0 aromatic carbocycles. The molecule has 0 radical (unpaired) electrons. The van der Waals surface area contributed by atoms with Gasteiger partial charge in [-0.3, -0.25) is 0 Å². The molecular formula is C7H11NO2S. The van der Waals surface area contributed by atoms with Gasteiger partial charge in [-0.05, 0) is 23.9 Å². The highest BCUT2D eigenvalue weighted by Crippen LogP contribution is 2.22. The maximum absolute atomic E-state index is 8.81. The Morgan fingerprint density at radius 1 is 1.73 bits per heavy atom. The SMILES string of the molecule is Cc1ccsc1C(CO)NO. The Morgan fingerprint density at radius 3 is 2.82 bits per heavy atom. The van der Waals surface area contributed by atoms with Crippen molar-refractivity contribution in [3.8, 4) is 0 Å². The van der Waals surface area contributed by atoms with E-state index in [9.17, 15) is 0 Å². The molecule has 0 bridgehead atoms. The van der Waals surface area contributed by atoms with Crippen molar-refractivity contribution in [3.05, 3.63) is 21.9 Å². The van der Waals surface area contributed by atoms with Gasteiger partial charge in [-0.15, -0.1) is 11.3 Å². The van der Waals surface area contributed by atoms with Gasteiger partial charge in [-0.1, -0.05) is 0 Å². The predicted octanol–water partition coefficient (Wildman–Crippen LogP) is 1.07. The fraction of sp³-hybridized carbons (Fsp3) is 0.429. The summed E-state index contributed by atoms with van der Waals surface area (Å²) in [6.07, 6.45) is 0. The van der Waals surface area contributed by atoms with Crippen LogP contribution in [0.2, 0.25) is 0 Å². The number of aliphatic hydroxyl groups is 1. The van der Waals surface area contributed by atoms with E-state index >= 15 is 0 Å². The van der Waals surface area contributed by atoms with Gasteiger partial charge in [0.15, 0.2) is 0 Å². The first-order valence-corrected chi connectivity index (χ1v) is 4.22. The third kappa shape index (κ3) is 1.78. The summed E-state index contributed by atoms with van der Waals surface area (Å²) in [5, 5.41) is 19.4. The molecule has 4 heteroatoms. The van der Waals surface area contributed by atoms with Crippen molar-refractivity contribution in [1.82, 2.24) is 5.48 Å². The number of nitrogens with one attached hydrogen (secondary N) is 1. The molecule has 0 aliphatic rings. The molecule has 0 saturated carbocycles. The highest BCUT2D eigenvalue weighted by atomic mass is 32.1. The molecular weight excluding hydrogens is 162 g/mol. The van der Waals surface area contributed by atoms with Crippen molar-refractivity contribution in [2.45, 2.75) is 13.0 Å². The fourth-order valence-corrected chi connectivity index (χ4v) is 1.89. The van der Waals surface area contributed by atoms with Crippen molar-refractivity contribution < 1.29 is 10.3 Å². The predicted molar refractivity (Wildman–Crippen MR) is 43.8 cm³/mol. The van der Waals surface area contributed by atoms with E-state index < -0.39 is 0 Å². The van der Waals surface area contributed by atoms with Crippen LogP contribution in [-0.2, 0) is 0 Å². The number of thiophene rings is 1. The zero-order chi connectivity index (χ0) is 8.27. The Balaban J connectivity index is 2.81. The van der Waals surface area contributed by atoms with Gasteiger partial charge >= 0.3 is 0 Å². The van der Waals surface area contributed by atoms with Crippen LogP contribution in [0.4, 0.5) is 0 Å². The summed E-state index contributed by atoms with van der Waals surface area (Å²) in [5.74, 6) is 0. The largest absolute Gasteiger partial charge is 0.394 e. The second kappa shape index (κ2) is 3.82. The molecule has 3 nitrogen and oxygen atoms in total. The standard InChI is InChI=1S/C7H11NO2S/c1-5-2-3-11-7(5)6(4-9)8-10/h2-3,6,8-10H,4H2,1H3. The Bertz CT molecular complexity index is 220. The Morgan fingerprint density at radius 2 is 2.45 bits per heavy atom. The summed E-state index contributed by atoms with van der Waals surface area (Å²) in [5.41, 5.74) is 3.15. The van der Waals surface area contributed by atoms with E-state index in [1.54, 1.807) is 0 Å². The van der Waals surface area contributed by atoms with E-state index in [4.69, 9.17) is 10.3 Å². The van der Waals surface area contributed by atoms with Crippen molar-refractivity contribution in [2.75, 3.05) is 6.61 Å². The Labute approximate surface area is 69.3 Å². The minimum atomic E-state index is -0.338. The van der Waals surface area contributed by atoms with Gasteiger partial charge in [0.2, 0.25) is 0 Å². The summed E-state index contributed by atoms with van der Waals surface area (Å²) in [6.45, 7) is 1.86. The second-order valence-corrected chi connectivity index (χ2v) is 3.28. The normalized spacial score (nSPS) is 13.4. The molecule has 1 aromatic rings. The zero-order valence-electron chi connectivity index (χ0n) is 6.24.